The number of alkyl halides is 3. The third-order valence-electron chi connectivity index (χ3n) is 4.38. The Kier molecular flexibility index (Phi) is 4.50. The van der Waals surface area contributed by atoms with Gasteiger partial charge < -0.3 is 9.64 Å². The minimum Gasteiger partial charge on any atom is -0.497 e. The van der Waals surface area contributed by atoms with Crippen molar-refractivity contribution in [2.75, 3.05) is 18.6 Å². The van der Waals surface area contributed by atoms with Crippen molar-refractivity contribution >= 4 is 11.8 Å². The average molecular weight is 347 g/mol. The first-order chi connectivity index (χ1) is 11.8. The maximum absolute atomic E-state index is 12.8. The summed E-state index contributed by atoms with van der Waals surface area (Å²) in [4.78, 5) is 2.24. The number of hydrogen-bond acceptors (Lipinski definition) is 2. The van der Waals surface area contributed by atoms with E-state index < -0.39 is 11.7 Å². The normalized spacial score (nSPS) is 14.0. The average Bonchev–Trinajstić information content (AvgIpc) is 2.59. The highest BCUT2D eigenvalue weighted by Gasteiger charge is 2.30. The van der Waals surface area contributed by atoms with Gasteiger partial charge in [-0.25, -0.2) is 0 Å². The van der Waals surface area contributed by atoms with Crippen LogP contribution in [0.15, 0.2) is 42.5 Å². The number of ether oxygens (including phenoxy) is 1. The Hall–Kier alpha value is -2.43. The summed E-state index contributed by atoms with van der Waals surface area (Å²) < 4.78 is 43.9. The van der Waals surface area contributed by atoms with Gasteiger partial charge in [0.25, 0.3) is 0 Å². The Morgan fingerprint density at radius 3 is 2.32 bits per heavy atom. The first kappa shape index (κ1) is 17.4. The summed E-state index contributed by atoms with van der Waals surface area (Å²) in [5.41, 5.74) is 3.01. The molecule has 25 heavy (non-hydrogen) atoms. The van der Waals surface area contributed by atoms with Gasteiger partial charge in [-0.2, -0.15) is 13.2 Å². The van der Waals surface area contributed by atoms with Gasteiger partial charge in [0.05, 0.1) is 18.4 Å². The molecule has 2 nitrogen and oxygen atoms in total. The SMILES string of the molecule is COc1cc2c(c(-c3ccc(C(F)(F)F)cc3)c1)N(C(C)C)CC=C2. The van der Waals surface area contributed by atoms with E-state index in [0.29, 0.717) is 5.75 Å². The van der Waals surface area contributed by atoms with Crippen LogP contribution in [0.25, 0.3) is 17.2 Å². The molecule has 0 saturated heterocycles. The molecule has 0 unspecified atom stereocenters. The summed E-state index contributed by atoms with van der Waals surface area (Å²) in [7, 11) is 1.59. The van der Waals surface area contributed by atoms with E-state index in [-0.39, 0.29) is 6.04 Å². The number of benzene rings is 2. The minimum absolute atomic E-state index is 0.269. The van der Waals surface area contributed by atoms with Crippen LogP contribution in [-0.2, 0) is 6.18 Å². The van der Waals surface area contributed by atoms with Crippen LogP contribution in [0.1, 0.15) is 25.0 Å². The zero-order valence-corrected chi connectivity index (χ0v) is 14.4. The first-order valence-corrected chi connectivity index (χ1v) is 8.14. The van der Waals surface area contributed by atoms with E-state index in [1.165, 1.54) is 12.1 Å². The molecular formula is C20H20F3NO. The van der Waals surface area contributed by atoms with Crippen molar-refractivity contribution in [3.05, 3.63) is 53.6 Å². The molecule has 2 aromatic carbocycles. The summed E-state index contributed by atoms with van der Waals surface area (Å²) in [6, 6.07) is 9.40. The molecule has 3 rings (SSSR count). The highest BCUT2D eigenvalue weighted by atomic mass is 19.4. The number of halogens is 3. The van der Waals surface area contributed by atoms with Crippen LogP contribution in [0.5, 0.6) is 5.75 Å². The van der Waals surface area contributed by atoms with E-state index in [4.69, 9.17) is 4.74 Å². The van der Waals surface area contributed by atoms with Gasteiger partial charge in [0.15, 0.2) is 0 Å². The molecule has 0 spiro atoms. The Morgan fingerprint density at radius 1 is 1.08 bits per heavy atom. The second kappa shape index (κ2) is 6.47. The number of nitrogens with zero attached hydrogens (tertiary/aromatic N) is 1. The molecule has 0 aliphatic carbocycles. The zero-order chi connectivity index (χ0) is 18.2. The van der Waals surface area contributed by atoms with Crippen molar-refractivity contribution < 1.29 is 17.9 Å². The maximum atomic E-state index is 12.8. The predicted molar refractivity (Wildman–Crippen MR) is 94.9 cm³/mol. The number of hydrogen-bond donors (Lipinski definition) is 0. The van der Waals surface area contributed by atoms with E-state index in [2.05, 4.69) is 24.8 Å². The lowest BCUT2D eigenvalue weighted by molar-refractivity contribution is -0.137. The Balaban J connectivity index is 2.16. The molecule has 1 aliphatic rings. The summed E-state index contributed by atoms with van der Waals surface area (Å²) in [6.45, 7) is 4.97. The molecule has 5 heteroatoms. The summed E-state index contributed by atoms with van der Waals surface area (Å²) in [6.07, 6.45) is -0.221. The van der Waals surface area contributed by atoms with E-state index in [1.54, 1.807) is 7.11 Å². The van der Waals surface area contributed by atoms with E-state index in [1.807, 2.05) is 18.2 Å². The molecule has 0 fully saturated rings. The van der Waals surface area contributed by atoms with Gasteiger partial charge in [-0.15, -0.1) is 0 Å². The van der Waals surface area contributed by atoms with Crippen molar-refractivity contribution in [2.24, 2.45) is 0 Å². The van der Waals surface area contributed by atoms with Crippen LogP contribution in [0.4, 0.5) is 18.9 Å². The number of fused-ring (bicyclic) bond motifs is 1. The molecule has 132 valence electrons. The molecule has 0 amide bonds. The van der Waals surface area contributed by atoms with Crippen molar-refractivity contribution in [2.45, 2.75) is 26.1 Å². The van der Waals surface area contributed by atoms with Crippen LogP contribution >= 0.6 is 0 Å². The van der Waals surface area contributed by atoms with Gasteiger partial charge in [-0.05, 0) is 43.7 Å². The van der Waals surface area contributed by atoms with E-state index in [9.17, 15) is 13.2 Å². The van der Waals surface area contributed by atoms with Crippen LogP contribution in [0.2, 0.25) is 0 Å². The summed E-state index contributed by atoms with van der Waals surface area (Å²) >= 11 is 0. The molecule has 1 heterocycles. The highest BCUT2D eigenvalue weighted by molar-refractivity contribution is 5.88. The molecular weight excluding hydrogens is 327 g/mol. The Morgan fingerprint density at radius 2 is 1.76 bits per heavy atom. The Labute approximate surface area is 145 Å². The predicted octanol–water partition coefficient (Wildman–Crippen LogP) is 5.62. The van der Waals surface area contributed by atoms with Gasteiger partial charge in [0.2, 0.25) is 0 Å². The van der Waals surface area contributed by atoms with Crippen LogP contribution in [-0.4, -0.2) is 19.7 Å². The largest absolute Gasteiger partial charge is 0.497 e. The fourth-order valence-electron chi connectivity index (χ4n) is 3.11. The second-order valence-corrected chi connectivity index (χ2v) is 6.34. The summed E-state index contributed by atoms with van der Waals surface area (Å²) in [5, 5.41) is 0. The first-order valence-electron chi connectivity index (χ1n) is 8.14. The minimum atomic E-state index is -4.33. The molecule has 1 aliphatic heterocycles. The summed E-state index contributed by atoms with van der Waals surface area (Å²) in [5.74, 6) is 0.684. The lowest BCUT2D eigenvalue weighted by Gasteiger charge is -2.34. The van der Waals surface area contributed by atoms with Gasteiger partial charge in [-0.1, -0.05) is 24.3 Å². The fourth-order valence-corrected chi connectivity index (χ4v) is 3.11. The van der Waals surface area contributed by atoms with Crippen molar-refractivity contribution in [3.8, 4) is 16.9 Å². The molecule has 0 N–H and O–H groups in total. The van der Waals surface area contributed by atoms with Crippen LogP contribution in [0, 0.1) is 0 Å². The number of methoxy groups -OCH3 is 1. The second-order valence-electron chi connectivity index (χ2n) is 6.34. The van der Waals surface area contributed by atoms with Crippen molar-refractivity contribution in [1.82, 2.24) is 0 Å². The van der Waals surface area contributed by atoms with Crippen LogP contribution in [0.3, 0.4) is 0 Å². The molecule has 0 bridgehead atoms. The van der Waals surface area contributed by atoms with Gasteiger partial charge >= 0.3 is 6.18 Å². The van der Waals surface area contributed by atoms with Crippen LogP contribution < -0.4 is 9.64 Å². The van der Waals surface area contributed by atoms with Gasteiger partial charge in [0, 0.05) is 23.7 Å². The number of anilines is 1. The molecule has 2 aromatic rings. The van der Waals surface area contributed by atoms with Gasteiger partial charge in [0.1, 0.15) is 5.75 Å². The monoisotopic (exact) mass is 347 g/mol. The fraction of sp³-hybridized carbons (Fsp3) is 0.300. The molecule has 0 atom stereocenters. The quantitative estimate of drug-likeness (QED) is 0.714. The van der Waals surface area contributed by atoms with Crippen molar-refractivity contribution in [3.63, 3.8) is 0 Å². The van der Waals surface area contributed by atoms with Gasteiger partial charge in [-0.3, -0.25) is 0 Å². The molecule has 0 saturated carbocycles. The smallest absolute Gasteiger partial charge is 0.416 e. The lowest BCUT2D eigenvalue weighted by atomic mass is 9.95. The van der Waals surface area contributed by atoms with E-state index >= 15 is 0 Å². The van der Waals surface area contributed by atoms with Crippen molar-refractivity contribution in [1.29, 1.82) is 0 Å². The Bertz CT molecular complexity index is 792. The standard InChI is InChI=1S/C20H20F3NO/c1-13(2)24-10-4-5-15-11-17(25-3)12-18(19(15)24)14-6-8-16(9-7-14)20(21,22)23/h4-9,11-13H,10H2,1-3H3. The van der Waals surface area contributed by atoms with E-state index in [0.717, 1.165) is 41.1 Å². The maximum Gasteiger partial charge on any atom is 0.416 e. The zero-order valence-electron chi connectivity index (χ0n) is 14.4. The lowest BCUT2D eigenvalue weighted by Crippen LogP contribution is -2.33. The third kappa shape index (κ3) is 3.36. The molecule has 0 aromatic heterocycles. The topological polar surface area (TPSA) is 12.5 Å². The molecule has 0 radical (unpaired) electrons. The number of rotatable bonds is 3. The highest BCUT2D eigenvalue weighted by Crippen LogP contribution is 2.41. The third-order valence-corrected chi connectivity index (χ3v) is 4.38.